The molecular formula is C15H19N3O5. The number of aliphatic carboxylic acids is 1. The predicted octanol–water partition coefficient (Wildman–Crippen LogP) is -0.219. The van der Waals surface area contributed by atoms with E-state index in [1.807, 2.05) is 0 Å². The van der Waals surface area contributed by atoms with E-state index in [9.17, 15) is 24.3 Å². The summed E-state index contributed by atoms with van der Waals surface area (Å²) in [5, 5.41) is 9.43. The monoisotopic (exact) mass is 321 g/mol. The zero-order valence-electron chi connectivity index (χ0n) is 12.6. The van der Waals surface area contributed by atoms with E-state index in [0.29, 0.717) is 6.42 Å². The zero-order valence-corrected chi connectivity index (χ0v) is 12.6. The molecule has 0 spiro atoms. The lowest BCUT2D eigenvalue weighted by Gasteiger charge is -2.33. The van der Waals surface area contributed by atoms with Crippen molar-refractivity contribution in [2.45, 2.75) is 50.7 Å². The number of carboxylic acid groups (broad SMARTS) is 1. The van der Waals surface area contributed by atoms with Gasteiger partial charge in [-0.3, -0.25) is 19.1 Å². The maximum absolute atomic E-state index is 12.6. The first-order chi connectivity index (χ1) is 11.0. The van der Waals surface area contributed by atoms with Crippen molar-refractivity contribution in [1.82, 2.24) is 14.5 Å². The molecule has 1 aromatic rings. The molecule has 2 aliphatic rings. The number of amides is 1. The van der Waals surface area contributed by atoms with Crippen LogP contribution in [0.1, 0.15) is 32.1 Å². The number of rotatable bonds is 3. The zero-order chi connectivity index (χ0) is 16.6. The fourth-order valence-electron chi connectivity index (χ4n) is 3.84. The summed E-state index contributed by atoms with van der Waals surface area (Å²) in [6.07, 6.45) is 5.53. The molecule has 124 valence electrons. The van der Waals surface area contributed by atoms with Crippen LogP contribution in [-0.2, 0) is 16.1 Å². The van der Waals surface area contributed by atoms with Gasteiger partial charge in [0.2, 0.25) is 5.91 Å². The predicted molar refractivity (Wildman–Crippen MR) is 80.0 cm³/mol. The average molecular weight is 321 g/mol. The van der Waals surface area contributed by atoms with Crippen molar-refractivity contribution in [1.29, 1.82) is 0 Å². The fourth-order valence-corrected chi connectivity index (χ4v) is 3.84. The van der Waals surface area contributed by atoms with E-state index in [1.165, 1.54) is 11.1 Å². The number of aromatic amines is 1. The van der Waals surface area contributed by atoms with Crippen LogP contribution in [0.5, 0.6) is 0 Å². The van der Waals surface area contributed by atoms with Crippen LogP contribution in [0.2, 0.25) is 0 Å². The number of hydrogen-bond donors (Lipinski definition) is 2. The van der Waals surface area contributed by atoms with Gasteiger partial charge in [0.1, 0.15) is 12.6 Å². The van der Waals surface area contributed by atoms with Gasteiger partial charge in [-0.2, -0.15) is 0 Å². The first kappa shape index (κ1) is 15.5. The van der Waals surface area contributed by atoms with Crippen molar-refractivity contribution in [3.05, 3.63) is 33.1 Å². The van der Waals surface area contributed by atoms with Crippen molar-refractivity contribution in [3.8, 4) is 0 Å². The SMILES string of the molecule is O=C(O)[C@@H]1C[C@H]2CCCC[C@@H]2N1C(=O)Cn1ccc(=O)[nH]c1=O. The third kappa shape index (κ3) is 2.93. The molecule has 1 amide bonds. The van der Waals surface area contributed by atoms with Gasteiger partial charge in [-0.05, 0) is 25.2 Å². The van der Waals surface area contributed by atoms with Crippen molar-refractivity contribution in [2.24, 2.45) is 5.92 Å². The molecule has 2 fully saturated rings. The lowest BCUT2D eigenvalue weighted by molar-refractivity contribution is -0.150. The molecule has 8 nitrogen and oxygen atoms in total. The molecule has 3 atom stereocenters. The number of nitrogens with zero attached hydrogens (tertiary/aromatic N) is 2. The van der Waals surface area contributed by atoms with Gasteiger partial charge >= 0.3 is 11.7 Å². The Kier molecular flexibility index (Phi) is 4.06. The Hall–Kier alpha value is -2.38. The van der Waals surface area contributed by atoms with Crippen molar-refractivity contribution >= 4 is 11.9 Å². The average Bonchev–Trinajstić information content (AvgIpc) is 2.90. The number of nitrogens with one attached hydrogen (secondary N) is 1. The van der Waals surface area contributed by atoms with Crippen LogP contribution in [0.3, 0.4) is 0 Å². The molecule has 8 heteroatoms. The van der Waals surface area contributed by atoms with Crippen LogP contribution in [0, 0.1) is 5.92 Å². The third-order valence-corrected chi connectivity index (χ3v) is 4.86. The molecule has 3 rings (SSSR count). The summed E-state index contributed by atoms with van der Waals surface area (Å²) in [5.41, 5.74) is -1.20. The first-order valence-corrected chi connectivity index (χ1v) is 7.81. The molecule has 0 bridgehead atoms. The number of likely N-dealkylation sites (tertiary alicyclic amines) is 1. The standard InChI is InChI=1S/C15H19N3O5/c19-12-5-6-17(15(23)16-12)8-13(20)18-10-4-2-1-3-9(10)7-11(18)14(21)22/h5-6,9-11H,1-4,7-8H2,(H,21,22)(H,16,19,23)/t9-,10+,11+/m1/s1. The summed E-state index contributed by atoms with van der Waals surface area (Å²) in [7, 11) is 0. The maximum Gasteiger partial charge on any atom is 0.328 e. The Bertz CT molecular complexity index is 737. The molecule has 2 N–H and O–H groups in total. The van der Waals surface area contributed by atoms with Gasteiger partial charge in [0, 0.05) is 18.3 Å². The van der Waals surface area contributed by atoms with Gasteiger partial charge in [0.25, 0.3) is 5.56 Å². The summed E-state index contributed by atoms with van der Waals surface area (Å²) in [6.45, 7) is -0.261. The molecule has 0 radical (unpaired) electrons. The number of carbonyl (C=O) groups is 2. The van der Waals surface area contributed by atoms with Gasteiger partial charge in [0.15, 0.2) is 0 Å². The molecule has 1 saturated carbocycles. The molecular weight excluding hydrogens is 302 g/mol. The Labute approximate surface area is 131 Å². The van der Waals surface area contributed by atoms with Crippen molar-refractivity contribution < 1.29 is 14.7 Å². The molecule has 1 aromatic heterocycles. The van der Waals surface area contributed by atoms with Crippen LogP contribution in [0.25, 0.3) is 0 Å². The number of H-pyrrole nitrogens is 1. The van der Waals surface area contributed by atoms with E-state index in [4.69, 9.17) is 0 Å². The van der Waals surface area contributed by atoms with E-state index < -0.39 is 23.3 Å². The largest absolute Gasteiger partial charge is 0.480 e. The number of carboxylic acids is 1. The Morgan fingerprint density at radius 3 is 2.70 bits per heavy atom. The maximum atomic E-state index is 12.6. The van der Waals surface area contributed by atoms with Crippen LogP contribution in [-0.4, -0.2) is 43.5 Å². The van der Waals surface area contributed by atoms with E-state index >= 15 is 0 Å². The summed E-state index contributed by atoms with van der Waals surface area (Å²) in [5.74, 6) is -1.16. The summed E-state index contributed by atoms with van der Waals surface area (Å²) < 4.78 is 1.10. The smallest absolute Gasteiger partial charge is 0.328 e. The highest BCUT2D eigenvalue weighted by atomic mass is 16.4. The number of aromatic nitrogens is 2. The number of hydrogen-bond acceptors (Lipinski definition) is 4. The second-order valence-electron chi connectivity index (χ2n) is 6.24. The minimum Gasteiger partial charge on any atom is -0.480 e. The number of fused-ring (bicyclic) bond motifs is 1. The van der Waals surface area contributed by atoms with E-state index in [0.717, 1.165) is 36.3 Å². The van der Waals surface area contributed by atoms with Crippen LogP contribution < -0.4 is 11.2 Å². The van der Waals surface area contributed by atoms with Gasteiger partial charge in [-0.1, -0.05) is 12.8 Å². The highest BCUT2D eigenvalue weighted by Crippen LogP contribution is 2.39. The Morgan fingerprint density at radius 2 is 2.00 bits per heavy atom. The van der Waals surface area contributed by atoms with Crippen molar-refractivity contribution in [3.63, 3.8) is 0 Å². The summed E-state index contributed by atoms with van der Waals surface area (Å²) in [4.78, 5) is 50.5. The topological polar surface area (TPSA) is 112 Å². The van der Waals surface area contributed by atoms with E-state index in [-0.39, 0.29) is 24.4 Å². The molecule has 23 heavy (non-hydrogen) atoms. The second-order valence-corrected chi connectivity index (χ2v) is 6.24. The third-order valence-electron chi connectivity index (χ3n) is 4.86. The molecule has 1 aliphatic heterocycles. The van der Waals surface area contributed by atoms with Crippen LogP contribution in [0.15, 0.2) is 21.9 Å². The van der Waals surface area contributed by atoms with Gasteiger partial charge in [-0.15, -0.1) is 0 Å². The highest BCUT2D eigenvalue weighted by Gasteiger charge is 2.47. The molecule has 1 aliphatic carbocycles. The summed E-state index contributed by atoms with van der Waals surface area (Å²) in [6, 6.07) is 0.279. The lowest BCUT2D eigenvalue weighted by Crippen LogP contribution is -2.48. The number of carbonyl (C=O) groups excluding carboxylic acids is 1. The van der Waals surface area contributed by atoms with Crippen LogP contribution >= 0.6 is 0 Å². The van der Waals surface area contributed by atoms with Gasteiger partial charge in [0.05, 0.1) is 0 Å². The van der Waals surface area contributed by atoms with Crippen molar-refractivity contribution in [2.75, 3.05) is 0 Å². The summed E-state index contributed by atoms with van der Waals surface area (Å²) >= 11 is 0. The fraction of sp³-hybridized carbons (Fsp3) is 0.600. The minimum absolute atomic E-state index is 0.0594. The Morgan fingerprint density at radius 1 is 1.26 bits per heavy atom. The first-order valence-electron chi connectivity index (χ1n) is 7.81. The quantitative estimate of drug-likeness (QED) is 0.799. The van der Waals surface area contributed by atoms with Crippen LogP contribution in [0.4, 0.5) is 0 Å². The second kappa shape index (κ2) is 6.02. The lowest BCUT2D eigenvalue weighted by atomic mass is 9.85. The normalized spacial score (nSPS) is 26.8. The molecule has 1 saturated heterocycles. The van der Waals surface area contributed by atoms with Gasteiger partial charge < -0.3 is 10.0 Å². The Balaban J connectivity index is 1.84. The van der Waals surface area contributed by atoms with Gasteiger partial charge in [-0.25, -0.2) is 9.59 Å². The highest BCUT2D eigenvalue weighted by molar-refractivity contribution is 5.84. The van der Waals surface area contributed by atoms with E-state index in [2.05, 4.69) is 4.98 Å². The van der Waals surface area contributed by atoms with E-state index in [1.54, 1.807) is 0 Å². The molecule has 0 aromatic carbocycles. The molecule has 0 unspecified atom stereocenters. The minimum atomic E-state index is -0.999. The molecule has 2 heterocycles.